The highest BCUT2D eigenvalue weighted by molar-refractivity contribution is 9.10. The van der Waals surface area contributed by atoms with Crippen molar-refractivity contribution in [3.05, 3.63) is 16.5 Å². The van der Waals surface area contributed by atoms with Crippen LogP contribution in [0.25, 0.3) is 0 Å². The molecule has 0 spiro atoms. The molecule has 1 saturated heterocycles. The highest BCUT2D eigenvalue weighted by atomic mass is 79.9. The second-order valence-electron chi connectivity index (χ2n) is 5.53. The predicted octanol–water partition coefficient (Wildman–Crippen LogP) is 3.81. The van der Waals surface area contributed by atoms with Crippen molar-refractivity contribution in [3.63, 3.8) is 0 Å². The van der Waals surface area contributed by atoms with Gasteiger partial charge in [0.05, 0.1) is 0 Å². The maximum absolute atomic E-state index is 5.38. The third-order valence-corrected chi connectivity index (χ3v) is 4.46. The maximum atomic E-state index is 5.38. The van der Waals surface area contributed by atoms with Gasteiger partial charge in [-0.25, -0.2) is 9.97 Å². The van der Waals surface area contributed by atoms with Gasteiger partial charge in [-0.2, -0.15) is 0 Å². The Labute approximate surface area is 121 Å². The van der Waals surface area contributed by atoms with Crippen molar-refractivity contribution in [1.29, 1.82) is 0 Å². The maximum Gasteiger partial charge on any atom is 0.136 e. The molecule has 18 heavy (non-hydrogen) atoms. The molecule has 1 fully saturated rings. The van der Waals surface area contributed by atoms with Gasteiger partial charge >= 0.3 is 0 Å². The molecule has 2 rings (SSSR count). The van der Waals surface area contributed by atoms with E-state index in [1.54, 1.807) is 0 Å². The zero-order valence-corrected chi connectivity index (χ0v) is 13.5. The number of aromatic nitrogens is 2. The standard InChI is InChI=1S/C13H19BrN2OS/c1-13(2,3)12-15-10(14)8-11(16-12)18-9-4-6-17-7-5-9/h8-9H,4-7H2,1-3H3. The molecule has 1 aromatic heterocycles. The van der Waals surface area contributed by atoms with Crippen molar-refractivity contribution < 1.29 is 4.74 Å². The molecule has 0 aromatic carbocycles. The fraction of sp³-hybridized carbons (Fsp3) is 0.692. The molecular weight excluding hydrogens is 312 g/mol. The second kappa shape index (κ2) is 5.88. The van der Waals surface area contributed by atoms with Crippen LogP contribution in [-0.2, 0) is 10.2 Å². The number of rotatable bonds is 2. The monoisotopic (exact) mass is 330 g/mol. The highest BCUT2D eigenvalue weighted by Gasteiger charge is 2.21. The van der Waals surface area contributed by atoms with E-state index in [4.69, 9.17) is 4.74 Å². The normalized spacial score (nSPS) is 18.0. The third kappa shape index (κ3) is 3.93. The van der Waals surface area contributed by atoms with E-state index in [9.17, 15) is 0 Å². The molecule has 100 valence electrons. The van der Waals surface area contributed by atoms with Crippen LogP contribution < -0.4 is 0 Å². The van der Waals surface area contributed by atoms with Crippen LogP contribution in [0.3, 0.4) is 0 Å². The smallest absolute Gasteiger partial charge is 0.136 e. The minimum atomic E-state index is -0.0191. The van der Waals surface area contributed by atoms with E-state index in [0.29, 0.717) is 5.25 Å². The summed E-state index contributed by atoms with van der Waals surface area (Å²) in [5.41, 5.74) is -0.0191. The lowest BCUT2D eigenvalue weighted by atomic mass is 9.96. The largest absolute Gasteiger partial charge is 0.381 e. The van der Waals surface area contributed by atoms with E-state index in [0.717, 1.165) is 41.5 Å². The van der Waals surface area contributed by atoms with Crippen molar-refractivity contribution in [2.24, 2.45) is 0 Å². The molecule has 0 saturated carbocycles. The van der Waals surface area contributed by atoms with Gasteiger partial charge < -0.3 is 4.74 Å². The molecular formula is C13H19BrN2OS. The Bertz CT molecular complexity index is 414. The highest BCUT2D eigenvalue weighted by Crippen LogP contribution is 2.31. The summed E-state index contributed by atoms with van der Waals surface area (Å²) in [6, 6.07) is 2.01. The zero-order valence-electron chi connectivity index (χ0n) is 11.1. The summed E-state index contributed by atoms with van der Waals surface area (Å²) in [7, 11) is 0. The Balaban J connectivity index is 2.14. The van der Waals surface area contributed by atoms with Crippen LogP contribution in [0.15, 0.2) is 15.7 Å². The van der Waals surface area contributed by atoms with Crippen LogP contribution in [0.2, 0.25) is 0 Å². The van der Waals surface area contributed by atoms with E-state index in [1.807, 2.05) is 17.8 Å². The number of hydrogen-bond acceptors (Lipinski definition) is 4. The van der Waals surface area contributed by atoms with Gasteiger partial charge in [-0.3, -0.25) is 0 Å². The van der Waals surface area contributed by atoms with Crippen LogP contribution in [-0.4, -0.2) is 28.4 Å². The van der Waals surface area contributed by atoms with Crippen molar-refractivity contribution in [2.75, 3.05) is 13.2 Å². The van der Waals surface area contributed by atoms with Gasteiger partial charge in [-0.05, 0) is 28.8 Å². The van der Waals surface area contributed by atoms with Gasteiger partial charge in [0, 0.05) is 29.9 Å². The van der Waals surface area contributed by atoms with Crippen molar-refractivity contribution in [2.45, 2.75) is 49.3 Å². The molecule has 0 amide bonds. The van der Waals surface area contributed by atoms with E-state index >= 15 is 0 Å². The van der Waals surface area contributed by atoms with Gasteiger partial charge in [0.15, 0.2) is 0 Å². The molecule has 1 aliphatic heterocycles. The molecule has 1 aromatic rings. The minimum absolute atomic E-state index is 0.0191. The summed E-state index contributed by atoms with van der Waals surface area (Å²) >= 11 is 5.33. The van der Waals surface area contributed by atoms with Gasteiger partial charge in [0.25, 0.3) is 0 Å². The topological polar surface area (TPSA) is 35.0 Å². The summed E-state index contributed by atoms with van der Waals surface area (Å²) < 4.78 is 6.26. The number of ether oxygens (including phenoxy) is 1. The number of thioether (sulfide) groups is 1. The van der Waals surface area contributed by atoms with E-state index in [2.05, 4.69) is 46.7 Å². The minimum Gasteiger partial charge on any atom is -0.381 e. The second-order valence-corrected chi connectivity index (χ2v) is 7.67. The Hall–Kier alpha value is -0.130. The quantitative estimate of drug-likeness (QED) is 0.772. The fourth-order valence-electron chi connectivity index (χ4n) is 1.76. The molecule has 0 radical (unpaired) electrons. The molecule has 0 aliphatic carbocycles. The molecule has 3 nitrogen and oxygen atoms in total. The number of halogens is 1. The molecule has 0 N–H and O–H groups in total. The lowest BCUT2D eigenvalue weighted by Gasteiger charge is -2.22. The summed E-state index contributed by atoms with van der Waals surface area (Å²) in [4.78, 5) is 9.15. The molecule has 0 bridgehead atoms. The average Bonchev–Trinajstić information content (AvgIpc) is 2.28. The molecule has 0 atom stereocenters. The van der Waals surface area contributed by atoms with E-state index in [-0.39, 0.29) is 5.41 Å². The van der Waals surface area contributed by atoms with Gasteiger partial charge in [-0.15, -0.1) is 11.8 Å². The number of hydrogen-bond donors (Lipinski definition) is 0. The summed E-state index contributed by atoms with van der Waals surface area (Å²) in [6.07, 6.45) is 2.22. The lowest BCUT2D eigenvalue weighted by Crippen LogP contribution is -2.19. The fourth-order valence-corrected chi connectivity index (χ4v) is 3.38. The van der Waals surface area contributed by atoms with E-state index in [1.165, 1.54) is 0 Å². The SMILES string of the molecule is CC(C)(C)c1nc(Br)cc(SC2CCOCC2)n1. The van der Waals surface area contributed by atoms with Crippen molar-refractivity contribution in [1.82, 2.24) is 9.97 Å². The first-order valence-electron chi connectivity index (χ1n) is 6.24. The predicted molar refractivity (Wildman–Crippen MR) is 78.1 cm³/mol. The first-order valence-corrected chi connectivity index (χ1v) is 7.92. The Morgan fingerprint density at radius 2 is 1.94 bits per heavy atom. The molecule has 0 unspecified atom stereocenters. The Morgan fingerprint density at radius 3 is 2.56 bits per heavy atom. The lowest BCUT2D eigenvalue weighted by molar-refractivity contribution is 0.1000. The molecule has 5 heteroatoms. The van der Waals surface area contributed by atoms with Gasteiger partial charge in [0.1, 0.15) is 15.5 Å². The van der Waals surface area contributed by atoms with Crippen molar-refractivity contribution >= 4 is 27.7 Å². The zero-order chi connectivity index (χ0) is 13.2. The summed E-state index contributed by atoms with van der Waals surface area (Å²) in [5.74, 6) is 0.895. The third-order valence-electron chi connectivity index (χ3n) is 2.80. The molecule has 2 heterocycles. The van der Waals surface area contributed by atoms with Gasteiger partial charge in [0.2, 0.25) is 0 Å². The van der Waals surface area contributed by atoms with Crippen LogP contribution in [0.5, 0.6) is 0 Å². The molecule has 1 aliphatic rings. The average molecular weight is 331 g/mol. The van der Waals surface area contributed by atoms with Crippen LogP contribution >= 0.6 is 27.7 Å². The van der Waals surface area contributed by atoms with Crippen LogP contribution in [0.4, 0.5) is 0 Å². The van der Waals surface area contributed by atoms with Crippen LogP contribution in [0.1, 0.15) is 39.4 Å². The van der Waals surface area contributed by atoms with Crippen LogP contribution in [0, 0.1) is 0 Å². The Morgan fingerprint density at radius 1 is 1.28 bits per heavy atom. The van der Waals surface area contributed by atoms with Gasteiger partial charge in [-0.1, -0.05) is 20.8 Å². The first-order chi connectivity index (χ1) is 8.45. The first kappa shape index (κ1) is 14.3. The summed E-state index contributed by atoms with van der Waals surface area (Å²) in [5, 5.41) is 1.68. The number of nitrogens with zero attached hydrogens (tertiary/aromatic N) is 2. The summed E-state index contributed by atoms with van der Waals surface area (Å²) in [6.45, 7) is 8.15. The van der Waals surface area contributed by atoms with E-state index < -0.39 is 0 Å². The van der Waals surface area contributed by atoms with Crippen molar-refractivity contribution in [3.8, 4) is 0 Å². The Kier molecular flexibility index (Phi) is 4.67.